The number of rotatable bonds is 7. The van der Waals surface area contributed by atoms with Gasteiger partial charge in [0.15, 0.2) is 0 Å². The average Bonchev–Trinajstić information content (AvgIpc) is 3.49. The number of nitrogens with zero attached hydrogens (tertiary/aromatic N) is 1. The van der Waals surface area contributed by atoms with Crippen LogP contribution in [0.4, 0.5) is 17.1 Å². The molecule has 0 amide bonds. The lowest BCUT2D eigenvalue weighted by Gasteiger charge is -2.33. The summed E-state index contributed by atoms with van der Waals surface area (Å²) in [5, 5.41) is 4.93. The molecule has 10 rings (SSSR count). The zero-order chi connectivity index (χ0) is 37.9. The molecule has 1 nitrogen and oxygen atoms in total. The molecule has 0 N–H and O–H groups in total. The number of anilines is 3. The van der Waals surface area contributed by atoms with Gasteiger partial charge in [-0.05, 0) is 103 Å². The summed E-state index contributed by atoms with van der Waals surface area (Å²) in [7, 11) is 0. The van der Waals surface area contributed by atoms with Crippen molar-refractivity contribution in [2.75, 3.05) is 4.90 Å². The van der Waals surface area contributed by atoms with E-state index >= 15 is 0 Å². The highest BCUT2D eigenvalue weighted by atomic mass is 15.1. The van der Waals surface area contributed by atoms with E-state index in [1.165, 1.54) is 71.6 Å². The molecule has 0 saturated carbocycles. The highest BCUT2D eigenvalue weighted by molar-refractivity contribution is 6.11. The summed E-state index contributed by atoms with van der Waals surface area (Å²) in [5.74, 6) is 0. The van der Waals surface area contributed by atoms with Crippen molar-refractivity contribution in [3.8, 4) is 22.3 Å². The molecule has 0 atom stereocenters. The molecule has 0 radical (unpaired) electrons. The van der Waals surface area contributed by atoms with E-state index in [-0.39, 0.29) is 10.8 Å². The number of hydrogen-bond acceptors (Lipinski definition) is 1. The Bertz CT molecular complexity index is 2840. The summed E-state index contributed by atoms with van der Waals surface area (Å²) in [6.07, 6.45) is 0. The normalized spacial score (nSPS) is 13.1. The molecular formula is C55H43N. The minimum absolute atomic E-state index is 0.0761. The monoisotopic (exact) mass is 717 g/mol. The van der Waals surface area contributed by atoms with Crippen molar-refractivity contribution in [2.24, 2.45) is 0 Å². The summed E-state index contributed by atoms with van der Waals surface area (Å²) >= 11 is 0. The zero-order valence-electron chi connectivity index (χ0n) is 32.1. The molecule has 0 aromatic heterocycles. The first kappa shape index (κ1) is 33.8. The zero-order valence-corrected chi connectivity index (χ0v) is 32.1. The third-order valence-corrected chi connectivity index (χ3v) is 12.4. The van der Waals surface area contributed by atoms with Crippen molar-refractivity contribution in [1.29, 1.82) is 0 Å². The highest BCUT2D eigenvalue weighted by Crippen LogP contribution is 2.52. The summed E-state index contributed by atoms with van der Waals surface area (Å²) in [6.45, 7) is 7.06. The van der Waals surface area contributed by atoms with Gasteiger partial charge >= 0.3 is 0 Å². The predicted octanol–water partition coefficient (Wildman–Crippen LogP) is 14.8. The Morgan fingerprint density at radius 1 is 0.393 bits per heavy atom. The first-order valence-electron chi connectivity index (χ1n) is 19.7. The molecule has 1 heteroatoms. The fourth-order valence-corrected chi connectivity index (χ4v) is 9.43. The molecule has 0 saturated heterocycles. The molecule has 0 bridgehead atoms. The average molecular weight is 718 g/mol. The Hall–Kier alpha value is -6.70. The van der Waals surface area contributed by atoms with Crippen LogP contribution < -0.4 is 4.90 Å². The van der Waals surface area contributed by atoms with Crippen LogP contribution in [0, 0.1) is 0 Å². The van der Waals surface area contributed by atoms with E-state index in [1.54, 1.807) is 0 Å². The van der Waals surface area contributed by atoms with E-state index in [4.69, 9.17) is 0 Å². The van der Waals surface area contributed by atoms with Gasteiger partial charge in [0.2, 0.25) is 0 Å². The van der Waals surface area contributed by atoms with Crippen LogP contribution in [0.15, 0.2) is 206 Å². The van der Waals surface area contributed by atoms with Gasteiger partial charge in [-0.15, -0.1) is 0 Å². The number of fused-ring (bicyclic) bond motifs is 5. The van der Waals surface area contributed by atoms with Gasteiger partial charge in [0.1, 0.15) is 0 Å². The van der Waals surface area contributed by atoms with Crippen molar-refractivity contribution in [3.63, 3.8) is 0 Å². The van der Waals surface area contributed by atoms with E-state index < -0.39 is 0 Å². The number of benzene rings is 9. The van der Waals surface area contributed by atoms with Crippen LogP contribution in [-0.2, 0) is 10.8 Å². The van der Waals surface area contributed by atoms with Gasteiger partial charge in [0, 0.05) is 27.8 Å². The summed E-state index contributed by atoms with van der Waals surface area (Å²) in [6, 6.07) is 76.1. The van der Waals surface area contributed by atoms with E-state index in [2.05, 4.69) is 232 Å². The molecular weight excluding hydrogens is 675 g/mol. The molecule has 0 aliphatic heterocycles. The van der Waals surface area contributed by atoms with E-state index in [9.17, 15) is 0 Å². The van der Waals surface area contributed by atoms with Gasteiger partial charge in [-0.3, -0.25) is 0 Å². The van der Waals surface area contributed by atoms with E-state index in [1.807, 2.05) is 0 Å². The molecule has 0 fully saturated rings. The summed E-state index contributed by atoms with van der Waals surface area (Å²) in [5.41, 5.74) is 14.6. The quantitative estimate of drug-likeness (QED) is 0.148. The third-order valence-electron chi connectivity index (χ3n) is 12.4. The molecule has 56 heavy (non-hydrogen) atoms. The van der Waals surface area contributed by atoms with Crippen molar-refractivity contribution < 1.29 is 0 Å². The molecule has 9 aromatic carbocycles. The fourth-order valence-electron chi connectivity index (χ4n) is 9.43. The van der Waals surface area contributed by atoms with Crippen LogP contribution in [0.1, 0.15) is 48.6 Å². The smallest absolute Gasteiger partial charge is 0.0546 e. The largest absolute Gasteiger partial charge is 0.310 e. The van der Waals surface area contributed by atoms with Crippen molar-refractivity contribution in [3.05, 3.63) is 234 Å². The Kier molecular flexibility index (Phi) is 8.01. The minimum Gasteiger partial charge on any atom is -0.310 e. The lowest BCUT2D eigenvalue weighted by atomic mass is 9.71. The second kappa shape index (κ2) is 13.3. The molecule has 1 aliphatic rings. The molecule has 0 heterocycles. The summed E-state index contributed by atoms with van der Waals surface area (Å²) < 4.78 is 0. The Labute approximate surface area is 330 Å². The minimum atomic E-state index is -0.341. The van der Waals surface area contributed by atoms with Crippen LogP contribution >= 0.6 is 0 Å². The topological polar surface area (TPSA) is 3.24 Å². The van der Waals surface area contributed by atoms with Crippen LogP contribution in [0.5, 0.6) is 0 Å². The van der Waals surface area contributed by atoms with Crippen LogP contribution in [0.2, 0.25) is 0 Å². The Morgan fingerprint density at radius 2 is 0.911 bits per heavy atom. The maximum Gasteiger partial charge on any atom is 0.0546 e. The van der Waals surface area contributed by atoms with Crippen LogP contribution in [-0.4, -0.2) is 0 Å². The third kappa shape index (κ3) is 5.30. The molecule has 0 spiro atoms. The first-order chi connectivity index (χ1) is 27.4. The summed E-state index contributed by atoms with van der Waals surface area (Å²) in [4.78, 5) is 2.49. The molecule has 9 aromatic rings. The SMILES string of the molecule is CC1(C)c2ccccc2-c2cc(N(c3ccc(C(C)(c4ccccc4)c4ccccc4)cc3)c3ccc4ccccc4c3-c3cccc4ccccc34)ccc21. The predicted molar refractivity (Wildman–Crippen MR) is 238 cm³/mol. The second-order valence-electron chi connectivity index (χ2n) is 15.8. The maximum absolute atomic E-state index is 2.49. The standard InChI is InChI=1S/C55H43N/c1-54(2)50-28-15-14-26-47(50)49-37-44(34-35-51(49)54)56(43-32-30-42(31-33-43)55(3,40-20-6-4-7-21-40)41-22-8-5-9-23-41)52-36-29-39-18-11-13-25-46(39)53(52)48-27-16-19-38-17-10-12-24-45(38)48/h4-37H,1-3H3. The van der Waals surface area contributed by atoms with Crippen LogP contribution in [0.25, 0.3) is 43.8 Å². The van der Waals surface area contributed by atoms with Gasteiger partial charge < -0.3 is 4.90 Å². The maximum atomic E-state index is 2.49. The van der Waals surface area contributed by atoms with Gasteiger partial charge in [-0.1, -0.05) is 190 Å². The first-order valence-corrected chi connectivity index (χ1v) is 19.7. The molecule has 1 aliphatic carbocycles. The Balaban J connectivity index is 1.23. The van der Waals surface area contributed by atoms with Gasteiger partial charge in [0.25, 0.3) is 0 Å². The van der Waals surface area contributed by atoms with Gasteiger partial charge in [0.05, 0.1) is 5.69 Å². The van der Waals surface area contributed by atoms with Crippen molar-refractivity contribution in [2.45, 2.75) is 31.6 Å². The number of hydrogen-bond donors (Lipinski definition) is 0. The van der Waals surface area contributed by atoms with E-state index in [0.29, 0.717) is 0 Å². The van der Waals surface area contributed by atoms with Crippen molar-refractivity contribution >= 4 is 38.6 Å². The highest BCUT2D eigenvalue weighted by Gasteiger charge is 2.36. The lowest BCUT2D eigenvalue weighted by molar-refractivity contribution is 0.660. The van der Waals surface area contributed by atoms with Crippen LogP contribution in [0.3, 0.4) is 0 Å². The molecule has 0 unspecified atom stereocenters. The van der Waals surface area contributed by atoms with E-state index in [0.717, 1.165) is 17.1 Å². The van der Waals surface area contributed by atoms with Gasteiger partial charge in [-0.25, -0.2) is 0 Å². The lowest BCUT2D eigenvalue weighted by Crippen LogP contribution is -2.25. The fraction of sp³-hybridized carbons (Fsp3) is 0.0909. The molecule has 268 valence electrons. The van der Waals surface area contributed by atoms with Gasteiger partial charge in [-0.2, -0.15) is 0 Å². The second-order valence-corrected chi connectivity index (χ2v) is 15.8. The van der Waals surface area contributed by atoms with Crippen molar-refractivity contribution in [1.82, 2.24) is 0 Å². The Morgan fingerprint density at radius 3 is 1.62 bits per heavy atom.